The van der Waals surface area contributed by atoms with Gasteiger partial charge in [-0.15, -0.1) is 0 Å². The van der Waals surface area contributed by atoms with Crippen molar-refractivity contribution in [3.63, 3.8) is 0 Å². The first-order valence-electron chi connectivity index (χ1n) is 9.00. The number of imide groups is 1. The lowest BCUT2D eigenvalue weighted by molar-refractivity contribution is -0.121. The van der Waals surface area contributed by atoms with Crippen molar-refractivity contribution < 1.29 is 9.59 Å². The molecule has 1 fully saturated rings. The van der Waals surface area contributed by atoms with Crippen LogP contribution in [0.15, 0.2) is 51.2 Å². The summed E-state index contributed by atoms with van der Waals surface area (Å²) in [5.74, 6) is -0.573. The van der Waals surface area contributed by atoms with Gasteiger partial charge in [0.2, 0.25) is 0 Å². The van der Waals surface area contributed by atoms with Crippen LogP contribution in [0.3, 0.4) is 0 Å². The molecule has 0 saturated carbocycles. The van der Waals surface area contributed by atoms with Gasteiger partial charge in [-0.25, -0.2) is 9.91 Å². The van der Waals surface area contributed by atoms with Gasteiger partial charge >= 0.3 is 0 Å². The fourth-order valence-electron chi connectivity index (χ4n) is 4.10. The largest absolute Gasteiger partial charge is 0.271 e. The van der Waals surface area contributed by atoms with Crippen LogP contribution in [-0.2, 0) is 22.4 Å². The molecule has 2 amide bonds. The van der Waals surface area contributed by atoms with E-state index in [2.05, 4.69) is 26.3 Å². The predicted molar refractivity (Wildman–Crippen MR) is 105 cm³/mol. The van der Waals surface area contributed by atoms with E-state index in [1.54, 1.807) is 5.01 Å². The van der Waals surface area contributed by atoms with Gasteiger partial charge in [-0.1, -0.05) is 27.2 Å². The minimum Gasteiger partial charge on any atom is -0.271 e. The first-order chi connectivity index (χ1) is 13.0. The SMILES string of the molecule is Cc1cc(N2N=NC3C(=O)N(c4ccc5c(c4)CCC5)C(=O)C32)ccc1Br. The number of carbonyl (C=O) groups excluding carboxylic acids is 2. The van der Waals surface area contributed by atoms with Crippen LogP contribution in [0.25, 0.3) is 0 Å². The summed E-state index contributed by atoms with van der Waals surface area (Å²) in [6, 6.07) is 10.1. The summed E-state index contributed by atoms with van der Waals surface area (Å²) in [5, 5.41) is 9.80. The molecule has 1 aliphatic carbocycles. The van der Waals surface area contributed by atoms with Crippen molar-refractivity contribution in [2.45, 2.75) is 38.3 Å². The number of carbonyl (C=O) groups is 2. The molecule has 27 heavy (non-hydrogen) atoms. The molecule has 1 saturated heterocycles. The Morgan fingerprint density at radius 3 is 2.59 bits per heavy atom. The number of amides is 2. The Hall–Kier alpha value is -2.54. The van der Waals surface area contributed by atoms with Crippen LogP contribution < -0.4 is 9.91 Å². The zero-order valence-corrected chi connectivity index (χ0v) is 16.3. The number of hydrogen-bond donors (Lipinski definition) is 0. The molecule has 2 unspecified atom stereocenters. The van der Waals surface area contributed by atoms with Gasteiger partial charge in [0.05, 0.1) is 11.4 Å². The van der Waals surface area contributed by atoms with E-state index in [-0.39, 0.29) is 11.8 Å². The first-order valence-corrected chi connectivity index (χ1v) is 9.79. The Morgan fingerprint density at radius 2 is 1.78 bits per heavy atom. The Labute approximate surface area is 165 Å². The molecule has 3 aliphatic rings. The maximum Gasteiger partial charge on any atom is 0.263 e. The van der Waals surface area contributed by atoms with Crippen LogP contribution in [0, 0.1) is 6.92 Å². The third-order valence-corrected chi connectivity index (χ3v) is 6.42. The van der Waals surface area contributed by atoms with E-state index in [4.69, 9.17) is 0 Å². The van der Waals surface area contributed by atoms with E-state index >= 15 is 0 Å². The molecule has 2 aliphatic heterocycles. The molecule has 2 aromatic carbocycles. The average Bonchev–Trinajstić information content (AvgIpc) is 3.34. The van der Waals surface area contributed by atoms with Crippen molar-refractivity contribution >= 4 is 39.1 Å². The van der Waals surface area contributed by atoms with Crippen molar-refractivity contribution in [3.8, 4) is 0 Å². The third-order valence-electron chi connectivity index (χ3n) is 5.53. The van der Waals surface area contributed by atoms with Gasteiger partial charge in [0.1, 0.15) is 0 Å². The van der Waals surface area contributed by atoms with Gasteiger partial charge in [0.25, 0.3) is 11.8 Å². The molecule has 0 radical (unpaired) electrons. The standard InChI is InChI=1S/C20H17BrN4O2/c1-11-9-15(7-8-16(11)21)25-18-17(22-23-25)19(26)24(20(18)27)14-6-5-12-3-2-4-13(12)10-14/h5-10,17-18H,2-4H2,1H3. The molecular formula is C20H17BrN4O2. The Bertz CT molecular complexity index is 1020. The maximum atomic E-state index is 13.2. The van der Waals surface area contributed by atoms with E-state index in [1.165, 1.54) is 16.0 Å². The topological polar surface area (TPSA) is 65.3 Å². The number of rotatable bonds is 2. The Balaban J connectivity index is 1.50. The lowest BCUT2D eigenvalue weighted by atomic mass is 10.1. The summed E-state index contributed by atoms with van der Waals surface area (Å²) < 4.78 is 0.979. The lowest BCUT2D eigenvalue weighted by Crippen LogP contribution is -2.40. The normalized spacial score (nSPS) is 23.3. The molecule has 0 N–H and O–H groups in total. The van der Waals surface area contributed by atoms with Gasteiger partial charge in [0, 0.05) is 4.47 Å². The van der Waals surface area contributed by atoms with Crippen molar-refractivity contribution in [2.24, 2.45) is 10.3 Å². The van der Waals surface area contributed by atoms with Crippen LogP contribution in [0.2, 0.25) is 0 Å². The molecule has 7 heteroatoms. The first kappa shape index (κ1) is 16.6. The summed E-state index contributed by atoms with van der Waals surface area (Å²) in [4.78, 5) is 27.4. The maximum absolute atomic E-state index is 13.2. The fraction of sp³-hybridized carbons (Fsp3) is 0.300. The molecule has 0 spiro atoms. The molecule has 2 aromatic rings. The van der Waals surface area contributed by atoms with E-state index in [0.29, 0.717) is 5.69 Å². The smallest absolute Gasteiger partial charge is 0.263 e. The summed E-state index contributed by atoms with van der Waals surface area (Å²) in [5.41, 5.74) is 4.96. The van der Waals surface area contributed by atoms with Crippen LogP contribution in [-0.4, -0.2) is 23.9 Å². The molecule has 6 nitrogen and oxygen atoms in total. The highest BCUT2D eigenvalue weighted by atomic mass is 79.9. The van der Waals surface area contributed by atoms with Gasteiger partial charge in [-0.2, -0.15) is 5.11 Å². The van der Waals surface area contributed by atoms with E-state index in [1.807, 2.05) is 43.3 Å². The zero-order valence-electron chi connectivity index (χ0n) is 14.7. The van der Waals surface area contributed by atoms with Crippen molar-refractivity contribution in [1.29, 1.82) is 0 Å². The second kappa shape index (κ2) is 5.99. The number of benzene rings is 2. The highest BCUT2D eigenvalue weighted by Crippen LogP contribution is 2.37. The second-order valence-corrected chi connectivity index (χ2v) is 8.05. The highest BCUT2D eigenvalue weighted by Gasteiger charge is 2.55. The van der Waals surface area contributed by atoms with Gasteiger partial charge in [-0.3, -0.25) is 9.59 Å². The summed E-state index contributed by atoms with van der Waals surface area (Å²) >= 11 is 3.48. The van der Waals surface area contributed by atoms with E-state index in [0.717, 1.165) is 35.0 Å². The number of fused-ring (bicyclic) bond motifs is 2. The fourth-order valence-corrected chi connectivity index (χ4v) is 4.34. The molecule has 2 heterocycles. The Kier molecular flexibility index (Phi) is 3.69. The number of anilines is 2. The Morgan fingerprint density at radius 1 is 1.00 bits per heavy atom. The minimum atomic E-state index is -0.783. The van der Waals surface area contributed by atoms with Crippen LogP contribution in [0.5, 0.6) is 0 Å². The summed E-state index contributed by atoms with van der Waals surface area (Å²) in [7, 11) is 0. The molecule has 5 rings (SSSR count). The molecule has 0 aromatic heterocycles. The third kappa shape index (κ3) is 2.45. The van der Waals surface area contributed by atoms with Crippen LogP contribution in [0.4, 0.5) is 11.4 Å². The quantitative estimate of drug-likeness (QED) is 0.689. The molecule has 136 valence electrons. The highest BCUT2D eigenvalue weighted by molar-refractivity contribution is 9.10. The molecular weight excluding hydrogens is 408 g/mol. The number of aryl methyl sites for hydroxylation is 3. The van der Waals surface area contributed by atoms with Gasteiger partial charge in [-0.05, 0) is 73.2 Å². The van der Waals surface area contributed by atoms with Crippen molar-refractivity contribution in [3.05, 3.63) is 57.6 Å². The van der Waals surface area contributed by atoms with Crippen molar-refractivity contribution in [2.75, 3.05) is 9.91 Å². The second-order valence-electron chi connectivity index (χ2n) is 7.19. The predicted octanol–water partition coefficient (Wildman–Crippen LogP) is 3.74. The number of nitrogens with zero attached hydrogens (tertiary/aromatic N) is 4. The number of hydrogen-bond acceptors (Lipinski definition) is 5. The monoisotopic (exact) mass is 424 g/mol. The molecule has 0 bridgehead atoms. The minimum absolute atomic E-state index is 0.270. The van der Waals surface area contributed by atoms with E-state index < -0.39 is 12.1 Å². The summed E-state index contributed by atoms with van der Waals surface area (Å²) in [6.45, 7) is 1.97. The molecule has 2 atom stereocenters. The van der Waals surface area contributed by atoms with Crippen molar-refractivity contribution in [1.82, 2.24) is 0 Å². The van der Waals surface area contributed by atoms with Gasteiger partial charge < -0.3 is 0 Å². The number of halogens is 1. The van der Waals surface area contributed by atoms with Crippen LogP contribution >= 0.6 is 15.9 Å². The van der Waals surface area contributed by atoms with Crippen LogP contribution in [0.1, 0.15) is 23.1 Å². The van der Waals surface area contributed by atoms with Gasteiger partial charge in [0.15, 0.2) is 12.1 Å². The lowest BCUT2D eigenvalue weighted by Gasteiger charge is -2.21. The zero-order chi connectivity index (χ0) is 18.7. The summed E-state index contributed by atoms with van der Waals surface area (Å²) in [6.07, 6.45) is 3.18. The van der Waals surface area contributed by atoms with E-state index in [9.17, 15) is 9.59 Å². The average molecular weight is 425 g/mol.